The van der Waals surface area contributed by atoms with Gasteiger partial charge in [-0.25, -0.2) is 4.68 Å². The van der Waals surface area contributed by atoms with Gasteiger partial charge < -0.3 is 9.84 Å². The van der Waals surface area contributed by atoms with Crippen molar-refractivity contribution in [2.45, 2.75) is 19.4 Å². The van der Waals surface area contributed by atoms with Crippen LogP contribution in [-0.4, -0.2) is 51.5 Å². The third kappa shape index (κ3) is 3.38. The summed E-state index contributed by atoms with van der Waals surface area (Å²) in [4.78, 5) is 6.91. The summed E-state index contributed by atoms with van der Waals surface area (Å²) in [7, 11) is 2.09. The summed E-state index contributed by atoms with van der Waals surface area (Å²) in [5.74, 6) is 1.26. The van der Waals surface area contributed by atoms with E-state index in [2.05, 4.69) is 39.4 Å². The van der Waals surface area contributed by atoms with E-state index < -0.39 is 0 Å². The van der Waals surface area contributed by atoms with Crippen LogP contribution in [0.4, 0.5) is 0 Å². The SMILES string of the molecule is CCc1c(-c2nc(C3CNCCN3C)no2)cnn1-c1ccccc1.Cl. The summed E-state index contributed by atoms with van der Waals surface area (Å²) in [6.07, 6.45) is 2.64. The largest absolute Gasteiger partial charge is 0.334 e. The van der Waals surface area contributed by atoms with Crippen molar-refractivity contribution in [1.29, 1.82) is 0 Å². The molecule has 138 valence electrons. The van der Waals surface area contributed by atoms with Gasteiger partial charge in [0.15, 0.2) is 5.82 Å². The second-order valence-electron chi connectivity index (χ2n) is 6.26. The quantitative estimate of drug-likeness (QED) is 0.756. The van der Waals surface area contributed by atoms with Crippen LogP contribution in [0.25, 0.3) is 17.1 Å². The fourth-order valence-electron chi connectivity index (χ4n) is 3.26. The lowest BCUT2D eigenvalue weighted by Crippen LogP contribution is -2.44. The molecule has 3 heterocycles. The van der Waals surface area contributed by atoms with Crippen molar-refractivity contribution in [2.24, 2.45) is 0 Å². The number of nitrogens with zero attached hydrogens (tertiary/aromatic N) is 5. The normalized spacial score (nSPS) is 17.8. The maximum Gasteiger partial charge on any atom is 0.261 e. The summed E-state index contributed by atoms with van der Waals surface area (Å²) >= 11 is 0. The predicted octanol–water partition coefficient (Wildman–Crippen LogP) is 2.48. The Balaban J connectivity index is 0.00000196. The molecule has 26 heavy (non-hydrogen) atoms. The second kappa shape index (κ2) is 7.99. The molecular weight excluding hydrogens is 352 g/mol. The minimum absolute atomic E-state index is 0. The molecule has 1 aliphatic rings. The predicted molar refractivity (Wildman–Crippen MR) is 102 cm³/mol. The van der Waals surface area contributed by atoms with E-state index in [1.807, 2.05) is 41.2 Å². The number of likely N-dealkylation sites (N-methyl/N-ethyl adjacent to an activating group) is 1. The number of hydrogen-bond donors (Lipinski definition) is 1. The lowest BCUT2D eigenvalue weighted by molar-refractivity contribution is 0.190. The number of para-hydroxylation sites is 1. The second-order valence-corrected chi connectivity index (χ2v) is 6.26. The zero-order chi connectivity index (χ0) is 17.2. The molecule has 7 nitrogen and oxygen atoms in total. The number of aromatic nitrogens is 4. The van der Waals surface area contributed by atoms with E-state index in [-0.39, 0.29) is 18.4 Å². The van der Waals surface area contributed by atoms with Crippen molar-refractivity contribution in [3.05, 3.63) is 48.0 Å². The molecule has 1 aromatic carbocycles. The number of nitrogens with one attached hydrogen (secondary N) is 1. The third-order valence-corrected chi connectivity index (χ3v) is 4.69. The highest BCUT2D eigenvalue weighted by atomic mass is 35.5. The topological polar surface area (TPSA) is 72.0 Å². The van der Waals surface area contributed by atoms with E-state index in [0.717, 1.165) is 48.8 Å². The Morgan fingerprint density at radius 3 is 2.81 bits per heavy atom. The number of hydrogen-bond acceptors (Lipinski definition) is 6. The molecule has 4 rings (SSSR count). The molecule has 0 saturated carbocycles. The van der Waals surface area contributed by atoms with Gasteiger partial charge in [-0.15, -0.1) is 12.4 Å². The standard InChI is InChI=1S/C18H22N6O.ClH/c1-3-15-14(11-20-24(15)13-7-5-4-6-8-13)18-21-17(22-25-18)16-12-19-9-10-23(16)2;/h4-8,11,16,19H,3,9-10,12H2,1-2H3;1H. The van der Waals surface area contributed by atoms with Crippen molar-refractivity contribution < 1.29 is 4.52 Å². The minimum Gasteiger partial charge on any atom is -0.334 e. The fraction of sp³-hybridized carbons (Fsp3) is 0.389. The summed E-state index contributed by atoms with van der Waals surface area (Å²) in [6.45, 7) is 4.90. The fourth-order valence-corrected chi connectivity index (χ4v) is 3.26. The summed E-state index contributed by atoms with van der Waals surface area (Å²) in [5.41, 5.74) is 3.00. The van der Waals surface area contributed by atoms with E-state index in [9.17, 15) is 0 Å². The molecule has 3 aromatic rings. The lowest BCUT2D eigenvalue weighted by Gasteiger charge is -2.30. The van der Waals surface area contributed by atoms with Gasteiger partial charge in [0.1, 0.15) is 0 Å². The van der Waals surface area contributed by atoms with Crippen LogP contribution in [-0.2, 0) is 6.42 Å². The molecule has 0 amide bonds. The Morgan fingerprint density at radius 1 is 1.27 bits per heavy atom. The van der Waals surface area contributed by atoms with E-state index >= 15 is 0 Å². The maximum absolute atomic E-state index is 5.58. The van der Waals surface area contributed by atoms with Gasteiger partial charge in [0.25, 0.3) is 5.89 Å². The summed E-state index contributed by atoms with van der Waals surface area (Å²) < 4.78 is 7.51. The highest BCUT2D eigenvalue weighted by Crippen LogP contribution is 2.27. The van der Waals surface area contributed by atoms with Gasteiger partial charge >= 0.3 is 0 Å². The molecular formula is C18H23ClN6O. The molecule has 8 heteroatoms. The van der Waals surface area contributed by atoms with Crippen LogP contribution < -0.4 is 5.32 Å². The van der Waals surface area contributed by atoms with E-state index in [4.69, 9.17) is 4.52 Å². The van der Waals surface area contributed by atoms with Crippen molar-refractivity contribution in [3.63, 3.8) is 0 Å². The Labute approximate surface area is 158 Å². The van der Waals surface area contributed by atoms with Crippen LogP contribution >= 0.6 is 12.4 Å². The molecule has 0 radical (unpaired) electrons. The molecule has 1 atom stereocenters. The molecule has 1 aliphatic heterocycles. The number of benzene rings is 1. The molecule has 1 N–H and O–H groups in total. The van der Waals surface area contributed by atoms with Crippen molar-refractivity contribution in [2.75, 3.05) is 26.7 Å². The monoisotopic (exact) mass is 374 g/mol. The summed E-state index contributed by atoms with van der Waals surface area (Å²) in [5, 5.41) is 12.1. The highest BCUT2D eigenvalue weighted by Gasteiger charge is 2.26. The molecule has 1 saturated heterocycles. The Hall–Kier alpha value is -2.22. The first-order chi connectivity index (χ1) is 12.3. The van der Waals surface area contributed by atoms with Gasteiger partial charge in [-0.05, 0) is 25.6 Å². The molecule has 1 unspecified atom stereocenters. The van der Waals surface area contributed by atoms with Gasteiger partial charge in [-0.2, -0.15) is 10.1 Å². The Kier molecular flexibility index (Phi) is 5.70. The van der Waals surface area contributed by atoms with Crippen molar-refractivity contribution >= 4 is 12.4 Å². The van der Waals surface area contributed by atoms with Crippen LogP contribution in [0.2, 0.25) is 0 Å². The van der Waals surface area contributed by atoms with E-state index in [1.54, 1.807) is 0 Å². The number of halogens is 1. The Bertz CT molecular complexity index is 847. The van der Waals surface area contributed by atoms with Crippen molar-refractivity contribution in [3.8, 4) is 17.1 Å². The first kappa shape index (κ1) is 18.6. The van der Waals surface area contributed by atoms with Crippen LogP contribution in [0.15, 0.2) is 41.1 Å². The van der Waals surface area contributed by atoms with Crippen LogP contribution in [0.5, 0.6) is 0 Å². The van der Waals surface area contributed by atoms with E-state index in [1.165, 1.54) is 0 Å². The zero-order valence-electron chi connectivity index (χ0n) is 14.9. The van der Waals surface area contributed by atoms with Gasteiger partial charge in [0.2, 0.25) is 0 Å². The third-order valence-electron chi connectivity index (χ3n) is 4.69. The zero-order valence-corrected chi connectivity index (χ0v) is 15.7. The molecule has 0 spiro atoms. The lowest BCUT2D eigenvalue weighted by atomic mass is 10.2. The molecule has 0 aliphatic carbocycles. The molecule has 0 bridgehead atoms. The molecule has 1 fully saturated rings. The van der Waals surface area contributed by atoms with Crippen LogP contribution in [0.1, 0.15) is 24.5 Å². The first-order valence-corrected chi connectivity index (χ1v) is 8.65. The average Bonchev–Trinajstić information content (AvgIpc) is 3.29. The smallest absolute Gasteiger partial charge is 0.261 e. The maximum atomic E-state index is 5.58. The summed E-state index contributed by atoms with van der Waals surface area (Å²) in [6, 6.07) is 10.2. The first-order valence-electron chi connectivity index (χ1n) is 8.65. The Morgan fingerprint density at radius 2 is 2.08 bits per heavy atom. The number of piperazine rings is 1. The van der Waals surface area contributed by atoms with E-state index in [0.29, 0.717) is 5.89 Å². The van der Waals surface area contributed by atoms with Crippen molar-refractivity contribution in [1.82, 2.24) is 30.1 Å². The minimum atomic E-state index is 0. The van der Waals surface area contributed by atoms with Crippen LogP contribution in [0, 0.1) is 0 Å². The van der Waals surface area contributed by atoms with Gasteiger partial charge in [0.05, 0.1) is 29.2 Å². The average molecular weight is 375 g/mol. The number of rotatable bonds is 4. The van der Waals surface area contributed by atoms with Gasteiger partial charge in [0, 0.05) is 19.6 Å². The van der Waals surface area contributed by atoms with Gasteiger partial charge in [-0.1, -0.05) is 30.3 Å². The van der Waals surface area contributed by atoms with Crippen LogP contribution in [0.3, 0.4) is 0 Å². The molecule has 2 aromatic heterocycles. The van der Waals surface area contributed by atoms with Gasteiger partial charge in [-0.3, -0.25) is 4.90 Å². The highest BCUT2D eigenvalue weighted by molar-refractivity contribution is 5.85.